The van der Waals surface area contributed by atoms with Gasteiger partial charge in [-0.2, -0.15) is 0 Å². The number of carbonyl (C=O) groups excluding carboxylic acids is 1. The van der Waals surface area contributed by atoms with Crippen LogP contribution < -0.4 is 19.5 Å². The molecule has 8 heteroatoms. The number of fused-ring (bicyclic) bond motifs is 2. The normalized spacial score (nSPS) is 16.8. The van der Waals surface area contributed by atoms with Crippen LogP contribution in [0.5, 0.6) is 11.5 Å². The number of benzene rings is 3. The Morgan fingerprint density at radius 1 is 0.970 bits per heavy atom. The Morgan fingerprint density at radius 3 is 2.73 bits per heavy atom. The van der Waals surface area contributed by atoms with Gasteiger partial charge in [-0.3, -0.25) is 4.79 Å². The molecular weight excluding hydrogens is 440 g/mol. The van der Waals surface area contributed by atoms with Crippen molar-refractivity contribution in [2.45, 2.75) is 36.7 Å². The molecule has 0 saturated carbocycles. The average Bonchev–Trinajstić information content (AvgIpc) is 3.31. The van der Waals surface area contributed by atoms with Gasteiger partial charge in [-0.05, 0) is 66.3 Å². The molecule has 0 saturated heterocycles. The molecule has 170 valence electrons. The lowest BCUT2D eigenvalue weighted by Crippen LogP contribution is -2.31. The molecule has 2 aliphatic rings. The largest absolute Gasteiger partial charge is 0.454 e. The maximum atomic E-state index is 12.9. The van der Waals surface area contributed by atoms with E-state index in [1.807, 2.05) is 18.2 Å². The van der Waals surface area contributed by atoms with Crippen LogP contribution in [0, 0.1) is 0 Å². The molecule has 0 fully saturated rings. The van der Waals surface area contributed by atoms with Crippen LogP contribution in [0.3, 0.4) is 0 Å². The molecule has 33 heavy (non-hydrogen) atoms. The third kappa shape index (κ3) is 4.58. The smallest absolute Gasteiger partial charge is 0.251 e. The van der Waals surface area contributed by atoms with Crippen molar-refractivity contribution in [2.24, 2.45) is 0 Å². The minimum Gasteiger partial charge on any atom is -0.454 e. The zero-order valence-electron chi connectivity index (χ0n) is 17.9. The van der Waals surface area contributed by atoms with E-state index in [1.54, 1.807) is 30.3 Å². The van der Waals surface area contributed by atoms with Crippen LogP contribution in [0.15, 0.2) is 71.6 Å². The number of aryl methyl sites for hydroxylation is 1. The molecule has 1 heterocycles. The van der Waals surface area contributed by atoms with E-state index >= 15 is 0 Å². The highest BCUT2D eigenvalue weighted by atomic mass is 32.2. The first kappa shape index (κ1) is 21.5. The first-order chi connectivity index (χ1) is 16.0. The van der Waals surface area contributed by atoms with E-state index in [4.69, 9.17) is 9.47 Å². The fourth-order valence-electron chi connectivity index (χ4n) is 4.26. The maximum absolute atomic E-state index is 12.9. The third-order valence-corrected chi connectivity index (χ3v) is 7.38. The summed E-state index contributed by atoms with van der Waals surface area (Å²) in [6.07, 6.45) is 2.86. The summed E-state index contributed by atoms with van der Waals surface area (Å²) in [5, 5.41) is 3.07. The monoisotopic (exact) mass is 464 g/mol. The Kier molecular flexibility index (Phi) is 5.78. The van der Waals surface area contributed by atoms with Gasteiger partial charge in [-0.25, -0.2) is 13.1 Å². The van der Waals surface area contributed by atoms with Crippen molar-refractivity contribution in [3.05, 3.63) is 89.0 Å². The number of hydrogen-bond acceptors (Lipinski definition) is 5. The number of rotatable bonds is 6. The molecule has 0 unspecified atom stereocenters. The van der Waals surface area contributed by atoms with E-state index in [2.05, 4.69) is 16.1 Å². The molecule has 0 spiro atoms. The predicted octanol–water partition coefficient (Wildman–Crippen LogP) is 3.70. The van der Waals surface area contributed by atoms with Crippen molar-refractivity contribution in [3.8, 4) is 11.5 Å². The molecule has 3 aromatic rings. The molecule has 2 N–H and O–H groups in total. The maximum Gasteiger partial charge on any atom is 0.251 e. The standard InChI is InChI=1S/C25H24N2O5S/c28-25(27-22-10-4-6-18-5-1-2-9-21(18)22)19-7-3-8-20(14-19)33(29,30)26-15-17-11-12-23-24(13-17)32-16-31-23/h1-3,5,7-9,11-14,22,26H,4,6,10,15-16H2,(H,27,28)/t22-/m1/s1. The molecule has 7 nitrogen and oxygen atoms in total. The van der Waals surface area contributed by atoms with Gasteiger partial charge in [0.2, 0.25) is 16.8 Å². The molecule has 1 amide bonds. The van der Waals surface area contributed by atoms with Gasteiger partial charge in [-0.15, -0.1) is 0 Å². The average molecular weight is 465 g/mol. The number of hydrogen-bond donors (Lipinski definition) is 2. The van der Waals surface area contributed by atoms with Gasteiger partial charge in [0.15, 0.2) is 11.5 Å². The predicted molar refractivity (Wildman–Crippen MR) is 123 cm³/mol. The van der Waals surface area contributed by atoms with Crippen molar-refractivity contribution in [1.29, 1.82) is 0 Å². The summed E-state index contributed by atoms with van der Waals surface area (Å²) in [6, 6.07) is 19.4. The Morgan fingerprint density at radius 2 is 1.82 bits per heavy atom. The van der Waals surface area contributed by atoms with Gasteiger partial charge >= 0.3 is 0 Å². The highest BCUT2D eigenvalue weighted by Gasteiger charge is 2.23. The fourth-order valence-corrected chi connectivity index (χ4v) is 5.33. The third-order valence-electron chi connectivity index (χ3n) is 5.98. The van der Waals surface area contributed by atoms with Crippen LogP contribution in [0.25, 0.3) is 0 Å². The highest BCUT2D eigenvalue weighted by Crippen LogP contribution is 2.32. The summed E-state index contributed by atoms with van der Waals surface area (Å²) < 4.78 is 38.9. The molecule has 1 atom stereocenters. The quantitative estimate of drug-likeness (QED) is 0.580. The van der Waals surface area contributed by atoms with Crippen LogP contribution in [-0.4, -0.2) is 21.1 Å². The van der Waals surface area contributed by atoms with Crippen molar-refractivity contribution >= 4 is 15.9 Å². The van der Waals surface area contributed by atoms with Crippen molar-refractivity contribution < 1.29 is 22.7 Å². The van der Waals surface area contributed by atoms with E-state index in [1.165, 1.54) is 17.7 Å². The van der Waals surface area contributed by atoms with Crippen LogP contribution in [0.4, 0.5) is 0 Å². The SMILES string of the molecule is O=C(N[C@@H]1CCCc2ccccc21)c1cccc(S(=O)(=O)NCc2ccc3c(c2)OCO3)c1. The number of nitrogens with one attached hydrogen (secondary N) is 2. The fraction of sp³-hybridized carbons (Fsp3) is 0.240. The van der Waals surface area contributed by atoms with E-state index in [9.17, 15) is 13.2 Å². The first-order valence-electron chi connectivity index (χ1n) is 10.9. The van der Waals surface area contributed by atoms with Gasteiger partial charge < -0.3 is 14.8 Å². The lowest BCUT2D eigenvalue weighted by atomic mass is 9.87. The number of sulfonamides is 1. The van der Waals surface area contributed by atoms with Gasteiger partial charge in [-0.1, -0.05) is 36.4 Å². The van der Waals surface area contributed by atoms with Gasteiger partial charge in [0, 0.05) is 12.1 Å². The second-order valence-electron chi connectivity index (χ2n) is 8.16. The molecular formula is C25H24N2O5S. The summed E-state index contributed by atoms with van der Waals surface area (Å²) in [5.41, 5.74) is 3.43. The Hall–Kier alpha value is -3.36. The lowest BCUT2D eigenvalue weighted by molar-refractivity contribution is 0.0932. The van der Waals surface area contributed by atoms with E-state index in [0.29, 0.717) is 17.1 Å². The summed E-state index contributed by atoms with van der Waals surface area (Å²) >= 11 is 0. The summed E-state index contributed by atoms with van der Waals surface area (Å²) in [5.74, 6) is 0.945. The van der Waals surface area contributed by atoms with Gasteiger partial charge in [0.1, 0.15) is 0 Å². The zero-order valence-corrected chi connectivity index (χ0v) is 18.7. The summed E-state index contributed by atoms with van der Waals surface area (Å²) in [7, 11) is -3.81. The Bertz CT molecular complexity index is 1310. The summed E-state index contributed by atoms with van der Waals surface area (Å²) in [6.45, 7) is 0.250. The minimum absolute atomic E-state index is 0.0416. The Balaban J connectivity index is 1.29. The molecule has 0 bridgehead atoms. The lowest BCUT2D eigenvalue weighted by Gasteiger charge is -2.26. The van der Waals surface area contributed by atoms with Crippen molar-refractivity contribution in [2.75, 3.05) is 6.79 Å². The second-order valence-corrected chi connectivity index (χ2v) is 9.92. The van der Waals surface area contributed by atoms with E-state index in [0.717, 1.165) is 30.4 Å². The highest BCUT2D eigenvalue weighted by molar-refractivity contribution is 7.89. The first-order valence-corrected chi connectivity index (χ1v) is 12.3. The number of carbonyl (C=O) groups is 1. The summed E-state index contributed by atoms with van der Waals surface area (Å²) in [4.78, 5) is 13.0. The minimum atomic E-state index is -3.81. The van der Waals surface area contributed by atoms with Crippen LogP contribution in [0.1, 0.15) is 45.9 Å². The van der Waals surface area contributed by atoms with E-state index in [-0.39, 0.29) is 30.2 Å². The molecule has 1 aliphatic heterocycles. The molecule has 1 aliphatic carbocycles. The van der Waals surface area contributed by atoms with Crippen LogP contribution in [-0.2, 0) is 23.0 Å². The van der Waals surface area contributed by atoms with Crippen molar-refractivity contribution in [1.82, 2.24) is 10.0 Å². The van der Waals surface area contributed by atoms with E-state index < -0.39 is 10.0 Å². The molecule has 0 radical (unpaired) electrons. The molecule has 0 aromatic heterocycles. The molecule has 3 aromatic carbocycles. The Labute approximate surface area is 192 Å². The topological polar surface area (TPSA) is 93.7 Å². The zero-order chi connectivity index (χ0) is 22.8. The van der Waals surface area contributed by atoms with Gasteiger partial charge in [0.05, 0.1) is 10.9 Å². The number of ether oxygens (including phenoxy) is 2. The van der Waals surface area contributed by atoms with Crippen LogP contribution in [0.2, 0.25) is 0 Å². The van der Waals surface area contributed by atoms with Crippen LogP contribution >= 0.6 is 0 Å². The molecule has 5 rings (SSSR count). The number of amides is 1. The van der Waals surface area contributed by atoms with Gasteiger partial charge in [0.25, 0.3) is 5.91 Å². The van der Waals surface area contributed by atoms with Crippen molar-refractivity contribution in [3.63, 3.8) is 0 Å². The second kappa shape index (κ2) is 8.88.